The normalized spacial score (nSPS) is 13.3. The summed E-state index contributed by atoms with van der Waals surface area (Å²) in [5, 5.41) is 24.7. The van der Waals surface area contributed by atoms with E-state index in [1.807, 2.05) is 18.2 Å². The Morgan fingerprint density at radius 3 is 2.03 bits per heavy atom. The highest BCUT2D eigenvalue weighted by Gasteiger charge is 2.30. The van der Waals surface area contributed by atoms with E-state index >= 15 is 0 Å². The second-order valence-electron chi connectivity index (χ2n) is 8.38. The molecule has 1 N–H and O–H groups in total. The van der Waals surface area contributed by atoms with Crippen LogP contribution in [0, 0.1) is 20.2 Å². The van der Waals surface area contributed by atoms with Crippen molar-refractivity contribution >= 4 is 17.3 Å². The predicted octanol–water partition coefficient (Wildman–Crippen LogP) is 4.97. The molecule has 186 valence electrons. The van der Waals surface area contributed by atoms with Crippen molar-refractivity contribution in [2.75, 3.05) is 0 Å². The van der Waals surface area contributed by atoms with Gasteiger partial charge in [-0.2, -0.15) is 13.2 Å². The predicted molar refractivity (Wildman–Crippen MR) is 122 cm³/mol. The molecule has 0 atom stereocenters. The Morgan fingerprint density at radius 1 is 0.861 bits per heavy atom. The van der Waals surface area contributed by atoms with Gasteiger partial charge in [0.1, 0.15) is 0 Å². The number of non-ortho nitro benzene ring substituents is 2. The summed E-state index contributed by atoms with van der Waals surface area (Å²) in [6, 6.07) is 13.4. The van der Waals surface area contributed by atoms with Crippen molar-refractivity contribution in [2.24, 2.45) is 0 Å². The number of amides is 1. The van der Waals surface area contributed by atoms with Crippen molar-refractivity contribution in [1.29, 1.82) is 0 Å². The van der Waals surface area contributed by atoms with Crippen LogP contribution in [0.2, 0.25) is 0 Å². The molecule has 1 heterocycles. The van der Waals surface area contributed by atoms with Gasteiger partial charge in [-0.05, 0) is 34.4 Å². The molecule has 36 heavy (non-hydrogen) atoms. The van der Waals surface area contributed by atoms with Crippen molar-refractivity contribution in [2.45, 2.75) is 32.4 Å². The molecule has 1 aliphatic heterocycles. The molecule has 0 saturated carbocycles. The van der Waals surface area contributed by atoms with E-state index in [-0.39, 0.29) is 12.1 Å². The minimum atomic E-state index is -4.38. The van der Waals surface area contributed by atoms with Crippen LogP contribution in [0.5, 0.6) is 0 Å². The van der Waals surface area contributed by atoms with Gasteiger partial charge < -0.3 is 5.32 Å². The van der Waals surface area contributed by atoms with E-state index in [0.29, 0.717) is 19.6 Å². The van der Waals surface area contributed by atoms with Crippen molar-refractivity contribution in [3.63, 3.8) is 0 Å². The maximum atomic E-state index is 12.8. The van der Waals surface area contributed by atoms with Gasteiger partial charge in [0.2, 0.25) is 0 Å². The number of nitrogens with one attached hydrogen (secondary N) is 1. The number of nitro groups is 2. The Bertz CT molecular complexity index is 1310. The quantitative estimate of drug-likeness (QED) is 0.362. The van der Waals surface area contributed by atoms with Crippen LogP contribution >= 0.6 is 0 Å². The van der Waals surface area contributed by atoms with Crippen molar-refractivity contribution in [3.05, 3.63) is 114 Å². The van der Waals surface area contributed by atoms with Gasteiger partial charge in [0, 0.05) is 38.3 Å². The Kier molecular flexibility index (Phi) is 6.71. The topological polar surface area (TPSA) is 119 Å². The third-order valence-electron chi connectivity index (χ3n) is 5.79. The number of carbonyl (C=O) groups is 1. The van der Waals surface area contributed by atoms with E-state index in [1.165, 1.54) is 12.1 Å². The zero-order valence-corrected chi connectivity index (χ0v) is 18.6. The number of fused-ring (bicyclic) bond motifs is 1. The molecule has 0 aliphatic carbocycles. The summed E-state index contributed by atoms with van der Waals surface area (Å²) >= 11 is 0. The average Bonchev–Trinajstić information content (AvgIpc) is 3.23. The second-order valence-corrected chi connectivity index (χ2v) is 8.38. The molecule has 3 aromatic carbocycles. The van der Waals surface area contributed by atoms with E-state index in [4.69, 9.17) is 0 Å². The van der Waals surface area contributed by atoms with Crippen LogP contribution in [-0.4, -0.2) is 20.7 Å². The summed E-state index contributed by atoms with van der Waals surface area (Å²) in [4.78, 5) is 35.1. The lowest BCUT2D eigenvalue weighted by atomic mass is 10.1. The lowest BCUT2D eigenvalue weighted by molar-refractivity contribution is -0.394. The molecule has 0 saturated heterocycles. The van der Waals surface area contributed by atoms with Crippen LogP contribution in [0.25, 0.3) is 0 Å². The number of hydrogen-bond acceptors (Lipinski definition) is 6. The number of nitrogens with zero attached hydrogens (tertiary/aromatic N) is 3. The van der Waals surface area contributed by atoms with Gasteiger partial charge in [0.25, 0.3) is 17.3 Å². The maximum Gasteiger partial charge on any atom is 0.416 e. The Labute approximate surface area is 202 Å². The molecular formula is C24H19F3N4O5. The zero-order chi connectivity index (χ0) is 26.0. The standard InChI is InChI=1S/C24H19F3N4O5/c25-24(26,27)20-5-2-15(3-6-20)12-29-13-17-4-1-16(7-19(17)14-29)11-28-23(32)18-8-21(30(33)34)10-22(9-18)31(35)36/h1-10H,11-14H2,(H,28,32). The number of alkyl halides is 3. The summed E-state index contributed by atoms with van der Waals surface area (Å²) in [5.41, 5.74) is 1.60. The molecule has 1 aliphatic rings. The maximum absolute atomic E-state index is 12.8. The third kappa shape index (κ3) is 5.66. The second kappa shape index (κ2) is 9.74. The van der Waals surface area contributed by atoms with Crippen LogP contribution in [0.1, 0.15) is 38.2 Å². The van der Waals surface area contributed by atoms with E-state index < -0.39 is 38.9 Å². The molecule has 0 radical (unpaired) electrons. The first-order valence-electron chi connectivity index (χ1n) is 10.7. The van der Waals surface area contributed by atoms with Gasteiger partial charge in [-0.15, -0.1) is 0 Å². The number of carbonyl (C=O) groups excluding carboxylic acids is 1. The van der Waals surface area contributed by atoms with Gasteiger partial charge in [0.05, 0.1) is 27.0 Å². The van der Waals surface area contributed by atoms with Gasteiger partial charge in [-0.25, -0.2) is 0 Å². The highest BCUT2D eigenvalue weighted by Crippen LogP contribution is 2.30. The van der Waals surface area contributed by atoms with Crippen molar-refractivity contribution in [3.8, 4) is 0 Å². The van der Waals surface area contributed by atoms with E-state index in [2.05, 4.69) is 10.2 Å². The molecule has 0 fully saturated rings. The zero-order valence-electron chi connectivity index (χ0n) is 18.6. The summed E-state index contributed by atoms with van der Waals surface area (Å²) in [7, 11) is 0. The van der Waals surface area contributed by atoms with Crippen LogP contribution in [-0.2, 0) is 32.4 Å². The molecule has 12 heteroatoms. The molecule has 9 nitrogen and oxygen atoms in total. The van der Waals surface area contributed by atoms with Crippen LogP contribution in [0.4, 0.5) is 24.5 Å². The summed E-state index contributed by atoms with van der Waals surface area (Å²) in [6.07, 6.45) is -4.38. The molecule has 1 amide bonds. The molecule has 0 bridgehead atoms. The molecule has 4 rings (SSSR count). The van der Waals surface area contributed by atoms with Crippen molar-refractivity contribution in [1.82, 2.24) is 10.2 Å². The number of benzene rings is 3. The summed E-state index contributed by atoms with van der Waals surface area (Å²) in [6.45, 7) is 1.78. The SMILES string of the molecule is O=C(NCc1ccc2c(c1)CN(Cc1ccc(C(F)(F)F)cc1)C2)c1cc([N+](=O)[O-])cc([N+](=O)[O-])c1. The Hall–Kier alpha value is -4.32. The van der Waals surface area contributed by atoms with E-state index in [1.54, 1.807) is 0 Å². The lowest BCUT2D eigenvalue weighted by Crippen LogP contribution is -2.23. The first-order chi connectivity index (χ1) is 17.0. The van der Waals surface area contributed by atoms with Crippen LogP contribution < -0.4 is 5.32 Å². The molecule has 3 aromatic rings. The summed E-state index contributed by atoms with van der Waals surface area (Å²) < 4.78 is 38.3. The van der Waals surface area contributed by atoms with Crippen LogP contribution in [0.15, 0.2) is 60.7 Å². The largest absolute Gasteiger partial charge is 0.416 e. The Morgan fingerprint density at radius 2 is 1.44 bits per heavy atom. The first kappa shape index (κ1) is 24.8. The molecule has 0 unspecified atom stereocenters. The Balaban J connectivity index is 1.39. The van der Waals surface area contributed by atoms with Gasteiger partial charge in [0.15, 0.2) is 0 Å². The van der Waals surface area contributed by atoms with E-state index in [9.17, 15) is 38.2 Å². The number of halogens is 3. The fourth-order valence-corrected chi connectivity index (χ4v) is 4.02. The van der Waals surface area contributed by atoms with Gasteiger partial charge in [-0.1, -0.05) is 30.3 Å². The smallest absolute Gasteiger partial charge is 0.348 e. The highest BCUT2D eigenvalue weighted by atomic mass is 19.4. The molecule has 0 aromatic heterocycles. The molecular weight excluding hydrogens is 481 g/mol. The third-order valence-corrected chi connectivity index (χ3v) is 5.79. The minimum absolute atomic E-state index is 0.0987. The molecule has 0 spiro atoms. The summed E-state index contributed by atoms with van der Waals surface area (Å²) in [5.74, 6) is -0.689. The number of rotatable bonds is 7. The van der Waals surface area contributed by atoms with Gasteiger partial charge in [-0.3, -0.25) is 29.9 Å². The number of nitro benzene ring substituents is 2. The monoisotopic (exact) mass is 500 g/mol. The number of hydrogen-bond donors (Lipinski definition) is 1. The van der Waals surface area contributed by atoms with Crippen LogP contribution in [0.3, 0.4) is 0 Å². The highest BCUT2D eigenvalue weighted by molar-refractivity contribution is 5.95. The van der Waals surface area contributed by atoms with Gasteiger partial charge >= 0.3 is 6.18 Å². The van der Waals surface area contributed by atoms with Crippen molar-refractivity contribution < 1.29 is 27.8 Å². The first-order valence-corrected chi connectivity index (χ1v) is 10.7. The average molecular weight is 500 g/mol. The minimum Gasteiger partial charge on any atom is -0.348 e. The fraction of sp³-hybridized carbons (Fsp3) is 0.208. The lowest BCUT2D eigenvalue weighted by Gasteiger charge is -2.15. The fourth-order valence-electron chi connectivity index (χ4n) is 4.02. The van der Waals surface area contributed by atoms with E-state index in [0.717, 1.165) is 52.6 Å².